The standard InChI is InChI=1S/C22H20N4O/c23-15-18-10-4-5-11-20(18)26-21-13-12-19(16-25-21)22(27)24-14-6-9-17-7-2-1-3-8-17/h1-5,7-8,10-13,16H,6,9,14H2,(H,24,27)(H,25,26). The van der Waals surface area contributed by atoms with Crippen molar-refractivity contribution in [3.8, 4) is 6.07 Å². The van der Waals surface area contributed by atoms with E-state index in [-0.39, 0.29) is 5.91 Å². The Labute approximate surface area is 158 Å². The van der Waals surface area contributed by atoms with E-state index in [0.29, 0.717) is 29.2 Å². The lowest BCUT2D eigenvalue weighted by Crippen LogP contribution is -2.24. The van der Waals surface area contributed by atoms with Crippen LogP contribution >= 0.6 is 0 Å². The van der Waals surface area contributed by atoms with Crippen LogP contribution in [0.4, 0.5) is 11.5 Å². The molecule has 0 spiro atoms. The SMILES string of the molecule is N#Cc1ccccc1Nc1ccc(C(=O)NCCCc2ccccc2)cn1. The van der Waals surface area contributed by atoms with Crippen LogP contribution in [0.3, 0.4) is 0 Å². The molecule has 5 nitrogen and oxygen atoms in total. The largest absolute Gasteiger partial charge is 0.352 e. The van der Waals surface area contributed by atoms with E-state index in [2.05, 4.69) is 33.8 Å². The van der Waals surface area contributed by atoms with Gasteiger partial charge in [0.2, 0.25) is 0 Å². The van der Waals surface area contributed by atoms with Crippen LogP contribution < -0.4 is 10.6 Å². The van der Waals surface area contributed by atoms with Crippen LogP contribution in [0.5, 0.6) is 0 Å². The topological polar surface area (TPSA) is 77.8 Å². The van der Waals surface area contributed by atoms with Crippen molar-refractivity contribution in [2.75, 3.05) is 11.9 Å². The summed E-state index contributed by atoms with van der Waals surface area (Å²) >= 11 is 0. The molecule has 0 aliphatic heterocycles. The molecule has 3 aromatic rings. The van der Waals surface area contributed by atoms with Crippen molar-refractivity contribution >= 4 is 17.4 Å². The molecule has 0 aliphatic carbocycles. The molecule has 27 heavy (non-hydrogen) atoms. The fraction of sp³-hybridized carbons (Fsp3) is 0.136. The average molecular weight is 356 g/mol. The zero-order valence-corrected chi connectivity index (χ0v) is 14.9. The Morgan fingerprint density at radius 3 is 2.52 bits per heavy atom. The number of para-hydroxylation sites is 1. The second kappa shape index (κ2) is 9.16. The Kier molecular flexibility index (Phi) is 6.16. The minimum Gasteiger partial charge on any atom is -0.352 e. The summed E-state index contributed by atoms with van der Waals surface area (Å²) < 4.78 is 0. The molecule has 0 fully saturated rings. The Morgan fingerprint density at radius 2 is 1.78 bits per heavy atom. The van der Waals surface area contributed by atoms with Crippen LogP contribution in [-0.4, -0.2) is 17.4 Å². The van der Waals surface area contributed by atoms with Crippen LogP contribution in [0.1, 0.15) is 27.9 Å². The van der Waals surface area contributed by atoms with Crippen molar-refractivity contribution in [3.05, 3.63) is 89.6 Å². The Balaban J connectivity index is 1.50. The van der Waals surface area contributed by atoms with E-state index in [4.69, 9.17) is 5.26 Å². The van der Waals surface area contributed by atoms with Gasteiger partial charge in [0.1, 0.15) is 11.9 Å². The van der Waals surface area contributed by atoms with Gasteiger partial charge in [-0.15, -0.1) is 0 Å². The van der Waals surface area contributed by atoms with Gasteiger partial charge in [0.05, 0.1) is 16.8 Å². The average Bonchev–Trinajstić information content (AvgIpc) is 2.73. The van der Waals surface area contributed by atoms with Crippen LogP contribution in [0.15, 0.2) is 72.9 Å². The van der Waals surface area contributed by atoms with Crippen LogP contribution in [-0.2, 0) is 6.42 Å². The minimum absolute atomic E-state index is 0.139. The number of aromatic nitrogens is 1. The maximum atomic E-state index is 12.2. The van der Waals surface area contributed by atoms with Gasteiger partial charge in [-0.3, -0.25) is 4.79 Å². The summed E-state index contributed by atoms with van der Waals surface area (Å²) in [4.78, 5) is 16.5. The fourth-order valence-electron chi connectivity index (χ4n) is 2.67. The molecule has 0 radical (unpaired) electrons. The zero-order valence-electron chi connectivity index (χ0n) is 14.9. The van der Waals surface area contributed by atoms with Gasteiger partial charge < -0.3 is 10.6 Å². The lowest BCUT2D eigenvalue weighted by molar-refractivity contribution is 0.0953. The van der Waals surface area contributed by atoms with Crippen molar-refractivity contribution in [1.82, 2.24) is 10.3 Å². The third-order valence-electron chi connectivity index (χ3n) is 4.11. The summed E-state index contributed by atoms with van der Waals surface area (Å²) in [5.41, 5.74) is 3.00. The van der Waals surface area contributed by atoms with E-state index in [1.54, 1.807) is 18.2 Å². The van der Waals surface area contributed by atoms with Crippen molar-refractivity contribution in [1.29, 1.82) is 5.26 Å². The summed E-state index contributed by atoms with van der Waals surface area (Å²) in [6, 6.07) is 23.0. The van der Waals surface area contributed by atoms with Crippen molar-refractivity contribution < 1.29 is 4.79 Å². The molecule has 0 saturated heterocycles. The van der Waals surface area contributed by atoms with E-state index >= 15 is 0 Å². The van der Waals surface area contributed by atoms with Gasteiger partial charge >= 0.3 is 0 Å². The summed E-state index contributed by atoms with van der Waals surface area (Å²) in [6.07, 6.45) is 3.35. The monoisotopic (exact) mass is 356 g/mol. The lowest BCUT2D eigenvalue weighted by atomic mass is 10.1. The summed E-state index contributed by atoms with van der Waals surface area (Å²) in [5.74, 6) is 0.442. The highest BCUT2D eigenvalue weighted by molar-refractivity contribution is 5.94. The first kappa shape index (κ1) is 18.2. The summed E-state index contributed by atoms with van der Waals surface area (Å²) in [7, 11) is 0. The number of carbonyl (C=O) groups is 1. The number of anilines is 2. The lowest BCUT2D eigenvalue weighted by Gasteiger charge is -2.08. The fourth-order valence-corrected chi connectivity index (χ4v) is 2.67. The second-order valence-electron chi connectivity index (χ2n) is 6.06. The van der Waals surface area contributed by atoms with E-state index < -0.39 is 0 Å². The summed E-state index contributed by atoms with van der Waals surface area (Å²) in [5, 5.41) is 15.1. The summed E-state index contributed by atoms with van der Waals surface area (Å²) in [6.45, 7) is 0.614. The van der Waals surface area contributed by atoms with Gasteiger partial charge in [-0.25, -0.2) is 4.98 Å². The highest BCUT2D eigenvalue weighted by Crippen LogP contribution is 2.18. The molecule has 2 N–H and O–H groups in total. The number of nitriles is 1. The van der Waals surface area contributed by atoms with Gasteiger partial charge in [0.25, 0.3) is 5.91 Å². The second-order valence-corrected chi connectivity index (χ2v) is 6.06. The number of carbonyl (C=O) groups excluding carboxylic acids is 1. The smallest absolute Gasteiger partial charge is 0.252 e. The minimum atomic E-state index is -0.139. The number of hydrogen-bond donors (Lipinski definition) is 2. The number of aryl methyl sites for hydroxylation is 1. The molecule has 134 valence electrons. The Morgan fingerprint density at radius 1 is 1.00 bits per heavy atom. The van der Waals surface area contributed by atoms with E-state index in [9.17, 15) is 4.79 Å². The van der Waals surface area contributed by atoms with Gasteiger partial charge in [-0.05, 0) is 42.7 Å². The molecular formula is C22H20N4O. The first-order valence-corrected chi connectivity index (χ1v) is 8.80. The quantitative estimate of drug-likeness (QED) is 0.626. The van der Waals surface area contributed by atoms with Crippen molar-refractivity contribution in [2.45, 2.75) is 12.8 Å². The highest BCUT2D eigenvalue weighted by Gasteiger charge is 2.07. The Bertz CT molecular complexity index is 931. The van der Waals surface area contributed by atoms with Crippen LogP contribution in [0, 0.1) is 11.3 Å². The van der Waals surface area contributed by atoms with Gasteiger partial charge in [-0.1, -0.05) is 42.5 Å². The molecule has 5 heteroatoms. The number of rotatable bonds is 7. The molecule has 0 bridgehead atoms. The van der Waals surface area contributed by atoms with Gasteiger partial charge in [0, 0.05) is 12.7 Å². The molecule has 0 unspecified atom stereocenters. The number of benzene rings is 2. The van der Waals surface area contributed by atoms with Gasteiger partial charge in [0.15, 0.2) is 0 Å². The van der Waals surface area contributed by atoms with Crippen molar-refractivity contribution in [2.24, 2.45) is 0 Å². The molecule has 1 amide bonds. The number of hydrogen-bond acceptors (Lipinski definition) is 4. The first-order chi connectivity index (χ1) is 13.3. The van der Waals surface area contributed by atoms with E-state index in [1.165, 1.54) is 11.8 Å². The molecule has 2 aromatic carbocycles. The first-order valence-electron chi connectivity index (χ1n) is 8.80. The van der Waals surface area contributed by atoms with E-state index in [0.717, 1.165) is 12.8 Å². The molecule has 0 atom stereocenters. The zero-order chi connectivity index (χ0) is 18.9. The molecule has 3 rings (SSSR count). The number of nitrogens with zero attached hydrogens (tertiary/aromatic N) is 2. The number of pyridine rings is 1. The molecule has 0 aliphatic rings. The maximum Gasteiger partial charge on any atom is 0.252 e. The Hall–Kier alpha value is -3.65. The van der Waals surface area contributed by atoms with Crippen molar-refractivity contribution in [3.63, 3.8) is 0 Å². The molecule has 0 saturated carbocycles. The van der Waals surface area contributed by atoms with Crippen LogP contribution in [0.2, 0.25) is 0 Å². The molecule has 1 heterocycles. The molecule has 1 aromatic heterocycles. The van der Waals surface area contributed by atoms with Crippen LogP contribution in [0.25, 0.3) is 0 Å². The maximum absolute atomic E-state index is 12.2. The third-order valence-corrected chi connectivity index (χ3v) is 4.11. The third kappa shape index (κ3) is 5.16. The normalized spacial score (nSPS) is 10.0. The predicted octanol–water partition coefficient (Wildman–Crippen LogP) is 4.06. The van der Waals surface area contributed by atoms with Gasteiger partial charge in [-0.2, -0.15) is 5.26 Å². The number of nitrogens with one attached hydrogen (secondary N) is 2. The predicted molar refractivity (Wildman–Crippen MR) is 106 cm³/mol. The highest BCUT2D eigenvalue weighted by atomic mass is 16.1. The van der Waals surface area contributed by atoms with E-state index in [1.807, 2.05) is 36.4 Å². The number of amides is 1. The molecular weight excluding hydrogens is 336 g/mol.